The number of benzene rings is 2. The van der Waals surface area contributed by atoms with Crippen LogP contribution in [-0.2, 0) is 6.42 Å². The second-order valence-corrected chi connectivity index (χ2v) is 4.91. The summed E-state index contributed by atoms with van der Waals surface area (Å²) in [5.41, 5.74) is 9.82. The number of rotatable bonds is 3. The van der Waals surface area contributed by atoms with E-state index in [1.54, 1.807) is 0 Å². The van der Waals surface area contributed by atoms with Gasteiger partial charge in [-0.3, -0.25) is 0 Å². The summed E-state index contributed by atoms with van der Waals surface area (Å²) in [4.78, 5) is 0. The molecule has 0 aromatic heterocycles. The molecule has 3 heteroatoms. The van der Waals surface area contributed by atoms with Gasteiger partial charge in [0.1, 0.15) is 11.6 Å². The van der Waals surface area contributed by atoms with Gasteiger partial charge in [0.25, 0.3) is 0 Å². The maximum Gasteiger partial charge on any atom is 0.129 e. The van der Waals surface area contributed by atoms with E-state index < -0.39 is 11.6 Å². The van der Waals surface area contributed by atoms with Crippen LogP contribution in [-0.4, -0.2) is 0 Å². The molecule has 1 nitrogen and oxygen atoms in total. The first-order chi connectivity index (χ1) is 8.97. The van der Waals surface area contributed by atoms with Gasteiger partial charge in [-0.1, -0.05) is 29.8 Å². The Labute approximate surface area is 112 Å². The van der Waals surface area contributed by atoms with Gasteiger partial charge in [-0.25, -0.2) is 8.78 Å². The highest BCUT2D eigenvalue weighted by Crippen LogP contribution is 2.22. The van der Waals surface area contributed by atoms with Crippen molar-refractivity contribution in [2.24, 2.45) is 5.73 Å². The average Bonchev–Trinajstić information content (AvgIpc) is 2.32. The first kappa shape index (κ1) is 13.7. The third-order valence-corrected chi connectivity index (χ3v) is 3.28. The van der Waals surface area contributed by atoms with Crippen LogP contribution in [0.5, 0.6) is 0 Å². The molecule has 0 heterocycles. The lowest BCUT2D eigenvalue weighted by atomic mass is 9.95. The van der Waals surface area contributed by atoms with Crippen molar-refractivity contribution in [3.63, 3.8) is 0 Å². The molecule has 0 fully saturated rings. The van der Waals surface area contributed by atoms with Crippen LogP contribution in [0.25, 0.3) is 0 Å². The molecule has 2 aromatic rings. The second-order valence-electron chi connectivity index (χ2n) is 4.91. The zero-order valence-corrected chi connectivity index (χ0v) is 11.1. The highest BCUT2D eigenvalue weighted by atomic mass is 19.1. The minimum absolute atomic E-state index is 0.291. The van der Waals surface area contributed by atoms with Crippen molar-refractivity contribution in [1.82, 2.24) is 0 Å². The molecule has 2 N–H and O–H groups in total. The Morgan fingerprint density at radius 2 is 1.79 bits per heavy atom. The summed E-state index contributed by atoms with van der Waals surface area (Å²) in [5, 5.41) is 0. The van der Waals surface area contributed by atoms with Gasteiger partial charge < -0.3 is 5.73 Å². The lowest BCUT2D eigenvalue weighted by molar-refractivity contribution is 0.563. The van der Waals surface area contributed by atoms with Gasteiger partial charge in [0.05, 0.1) is 0 Å². The molecule has 0 amide bonds. The minimum Gasteiger partial charge on any atom is -0.324 e. The molecular weight excluding hydrogens is 244 g/mol. The Bertz CT molecular complexity index is 593. The lowest BCUT2D eigenvalue weighted by Crippen LogP contribution is -2.15. The molecule has 0 aliphatic rings. The molecule has 0 bridgehead atoms. The van der Waals surface area contributed by atoms with Gasteiger partial charge >= 0.3 is 0 Å². The number of aryl methyl sites for hydroxylation is 2. The molecular formula is C16H17F2N. The second kappa shape index (κ2) is 5.49. The van der Waals surface area contributed by atoms with Crippen LogP contribution in [0.4, 0.5) is 8.78 Å². The van der Waals surface area contributed by atoms with Gasteiger partial charge in [-0.05, 0) is 43.0 Å². The quantitative estimate of drug-likeness (QED) is 0.893. The highest BCUT2D eigenvalue weighted by Gasteiger charge is 2.13. The van der Waals surface area contributed by atoms with Crippen LogP contribution in [0.2, 0.25) is 0 Å². The Balaban J connectivity index is 2.23. The Morgan fingerprint density at radius 1 is 1.05 bits per heavy atom. The predicted octanol–water partition coefficient (Wildman–Crippen LogP) is 3.82. The molecule has 0 spiro atoms. The lowest BCUT2D eigenvalue weighted by Gasteiger charge is -2.16. The van der Waals surface area contributed by atoms with Crippen molar-refractivity contribution in [2.75, 3.05) is 0 Å². The Kier molecular flexibility index (Phi) is 3.96. The molecule has 1 unspecified atom stereocenters. The van der Waals surface area contributed by atoms with Crippen LogP contribution >= 0.6 is 0 Å². The molecule has 2 aromatic carbocycles. The van der Waals surface area contributed by atoms with Gasteiger partial charge in [0.2, 0.25) is 0 Å². The van der Waals surface area contributed by atoms with E-state index in [9.17, 15) is 8.78 Å². The fourth-order valence-electron chi connectivity index (χ4n) is 2.28. The molecule has 0 saturated heterocycles. The number of nitrogens with two attached hydrogens (primary N) is 1. The zero-order chi connectivity index (χ0) is 14.0. The summed E-state index contributed by atoms with van der Waals surface area (Å²) < 4.78 is 26.4. The van der Waals surface area contributed by atoms with Crippen LogP contribution in [0.1, 0.15) is 28.3 Å². The summed E-state index contributed by atoms with van der Waals surface area (Å²) in [6.07, 6.45) is 0.357. The summed E-state index contributed by atoms with van der Waals surface area (Å²) in [7, 11) is 0. The standard InChI is InChI=1S/C16H17F2N/c1-10-3-6-14(11(2)7-10)16(19)8-12-4-5-13(17)9-15(12)18/h3-7,9,16H,8,19H2,1-2H3. The first-order valence-electron chi connectivity index (χ1n) is 6.24. The number of hydrogen-bond donors (Lipinski definition) is 1. The largest absolute Gasteiger partial charge is 0.324 e. The van der Waals surface area contributed by atoms with Crippen molar-refractivity contribution in [1.29, 1.82) is 0 Å². The molecule has 0 aliphatic carbocycles. The fraction of sp³-hybridized carbons (Fsp3) is 0.250. The van der Waals surface area contributed by atoms with E-state index in [1.807, 2.05) is 26.0 Å². The van der Waals surface area contributed by atoms with E-state index in [4.69, 9.17) is 5.73 Å². The van der Waals surface area contributed by atoms with E-state index in [0.717, 1.165) is 17.2 Å². The van der Waals surface area contributed by atoms with Crippen LogP contribution in [0, 0.1) is 25.5 Å². The third-order valence-electron chi connectivity index (χ3n) is 3.28. The summed E-state index contributed by atoms with van der Waals surface area (Å²) in [6, 6.07) is 9.32. The predicted molar refractivity (Wildman–Crippen MR) is 72.9 cm³/mol. The first-order valence-corrected chi connectivity index (χ1v) is 6.24. The van der Waals surface area contributed by atoms with Crippen molar-refractivity contribution in [3.05, 3.63) is 70.3 Å². The minimum atomic E-state index is -0.568. The smallest absolute Gasteiger partial charge is 0.129 e. The van der Waals surface area contributed by atoms with Gasteiger partial charge in [-0.2, -0.15) is 0 Å². The van der Waals surface area contributed by atoms with Crippen molar-refractivity contribution >= 4 is 0 Å². The van der Waals surface area contributed by atoms with E-state index in [2.05, 4.69) is 6.07 Å². The van der Waals surface area contributed by atoms with Crippen molar-refractivity contribution in [3.8, 4) is 0 Å². The molecule has 2 rings (SSSR count). The zero-order valence-electron chi connectivity index (χ0n) is 11.1. The molecule has 0 aliphatic heterocycles. The fourth-order valence-corrected chi connectivity index (χ4v) is 2.28. The maximum absolute atomic E-state index is 13.6. The summed E-state index contributed by atoms with van der Waals surface area (Å²) >= 11 is 0. The van der Waals surface area contributed by atoms with Gasteiger partial charge in [0.15, 0.2) is 0 Å². The van der Waals surface area contributed by atoms with Crippen LogP contribution in [0.15, 0.2) is 36.4 Å². The van der Waals surface area contributed by atoms with E-state index in [1.165, 1.54) is 17.7 Å². The van der Waals surface area contributed by atoms with Crippen molar-refractivity contribution in [2.45, 2.75) is 26.3 Å². The SMILES string of the molecule is Cc1ccc(C(N)Cc2ccc(F)cc2F)c(C)c1. The molecule has 19 heavy (non-hydrogen) atoms. The van der Waals surface area contributed by atoms with Gasteiger partial charge in [0, 0.05) is 12.1 Å². The number of hydrogen-bond acceptors (Lipinski definition) is 1. The Morgan fingerprint density at radius 3 is 2.42 bits per heavy atom. The maximum atomic E-state index is 13.6. The molecule has 100 valence electrons. The molecule has 1 atom stereocenters. The highest BCUT2D eigenvalue weighted by molar-refractivity contribution is 5.34. The molecule has 0 radical (unpaired) electrons. The van der Waals surface area contributed by atoms with Crippen molar-refractivity contribution < 1.29 is 8.78 Å². The monoisotopic (exact) mass is 261 g/mol. The summed E-state index contributed by atoms with van der Waals surface area (Å²) in [5.74, 6) is -1.11. The average molecular weight is 261 g/mol. The third kappa shape index (κ3) is 3.18. The van der Waals surface area contributed by atoms with Crippen LogP contribution < -0.4 is 5.73 Å². The number of halogens is 2. The molecule has 0 saturated carbocycles. The van der Waals surface area contributed by atoms with E-state index >= 15 is 0 Å². The van der Waals surface area contributed by atoms with Gasteiger partial charge in [-0.15, -0.1) is 0 Å². The summed E-state index contributed by atoms with van der Waals surface area (Å²) in [6.45, 7) is 4.01. The topological polar surface area (TPSA) is 26.0 Å². The normalized spacial score (nSPS) is 12.5. The van der Waals surface area contributed by atoms with E-state index in [-0.39, 0.29) is 6.04 Å². The van der Waals surface area contributed by atoms with Crippen LogP contribution in [0.3, 0.4) is 0 Å². The van der Waals surface area contributed by atoms with E-state index in [0.29, 0.717) is 12.0 Å². The Hall–Kier alpha value is -1.74.